The molecule has 19 heavy (non-hydrogen) atoms. The normalized spacial score (nSPS) is 17.2. The fraction of sp³-hybridized carbons (Fsp3) is 0.500. The Balaban J connectivity index is 1.74. The SMILES string of the molecule is COCC1CCN(c2nc3cc(N)ccc3o2)CC1. The van der Waals surface area contributed by atoms with E-state index in [1.54, 1.807) is 7.11 Å². The topological polar surface area (TPSA) is 64.5 Å². The van der Waals surface area contributed by atoms with Crippen LogP contribution in [-0.4, -0.2) is 31.8 Å². The summed E-state index contributed by atoms with van der Waals surface area (Å²) in [4.78, 5) is 6.71. The largest absolute Gasteiger partial charge is 0.423 e. The number of fused-ring (bicyclic) bond motifs is 1. The summed E-state index contributed by atoms with van der Waals surface area (Å²) in [5.74, 6) is 0.654. The lowest BCUT2D eigenvalue weighted by Gasteiger charge is -2.30. The van der Waals surface area contributed by atoms with Crippen molar-refractivity contribution in [1.82, 2.24) is 4.98 Å². The fourth-order valence-corrected chi connectivity index (χ4v) is 2.59. The van der Waals surface area contributed by atoms with Gasteiger partial charge in [-0.15, -0.1) is 0 Å². The molecule has 0 unspecified atom stereocenters. The van der Waals surface area contributed by atoms with Crippen LogP contribution in [0.5, 0.6) is 0 Å². The molecule has 0 amide bonds. The van der Waals surface area contributed by atoms with Crippen molar-refractivity contribution in [2.24, 2.45) is 5.92 Å². The number of methoxy groups -OCH3 is 1. The number of oxazole rings is 1. The number of benzene rings is 1. The highest BCUT2D eigenvalue weighted by Gasteiger charge is 2.22. The Labute approximate surface area is 112 Å². The second-order valence-corrected chi connectivity index (χ2v) is 5.11. The summed E-state index contributed by atoms with van der Waals surface area (Å²) in [6.07, 6.45) is 2.24. The third-order valence-corrected chi connectivity index (χ3v) is 3.69. The van der Waals surface area contributed by atoms with Crippen LogP contribution in [0.4, 0.5) is 11.7 Å². The number of anilines is 2. The number of nitrogens with two attached hydrogens (primary N) is 1. The Bertz CT molecular complexity index is 559. The standard InChI is InChI=1S/C14H19N3O2/c1-18-9-10-4-6-17(7-5-10)14-16-12-8-11(15)2-3-13(12)19-14/h2-3,8,10H,4-7,9,15H2,1H3. The molecule has 0 spiro atoms. The van der Waals surface area contributed by atoms with E-state index in [4.69, 9.17) is 14.9 Å². The van der Waals surface area contributed by atoms with Crippen molar-refractivity contribution in [3.05, 3.63) is 18.2 Å². The molecule has 5 nitrogen and oxygen atoms in total. The van der Waals surface area contributed by atoms with Crippen LogP contribution in [0.3, 0.4) is 0 Å². The molecule has 0 saturated carbocycles. The molecule has 1 aromatic carbocycles. The van der Waals surface area contributed by atoms with E-state index < -0.39 is 0 Å². The third kappa shape index (κ3) is 2.51. The van der Waals surface area contributed by atoms with E-state index in [9.17, 15) is 0 Å². The third-order valence-electron chi connectivity index (χ3n) is 3.69. The zero-order valence-corrected chi connectivity index (χ0v) is 11.1. The number of aromatic nitrogens is 1. The van der Waals surface area contributed by atoms with Gasteiger partial charge in [-0.05, 0) is 37.0 Å². The van der Waals surface area contributed by atoms with Crippen molar-refractivity contribution < 1.29 is 9.15 Å². The second kappa shape index (κ2) is 5.09. The van der Waals surface area contributed by atoms with E-state index in [0.717, 1.165) is 43.6 Å². The summed E-state index contributed by atoms with van der Waals surface area (Å²) in [5.41, 5.74) is 8.09. The summed E-state index contributed by atoms with van der Waals surface area (Å²) in [6.45, 7) is 2.78. The Morgan fingerprint density at radius 1 is 1.42 bits per heavy atom. The minimum atomic E-state index is 0.654. The van der Waals surface area contributed by atoms with Crippen LogP contribution in [0, 0.1) is 5.92 Å². The summed E-state index contributed by atoms with van der Waals surface area (Å²) < 4.78 is 11.0. The Morgan fingerprint density at radius 2 is 2.21 bits per heavy atom. The predicted molar refractivity (Wildman–Crippen MR) is 75.2 cm³/mol. The molecule has 102 valence electrons. The number of nitrogens with zero attached hydrogens (tertiary/aromatic N) is 2. The molecule has 0 radical (unpaired) electrons. The number of hydrogen-bond acceptors (Lipinski definition) is 5. The number of piperidine rings is 1. The maximum atomic E-state index is 5.79. The molecule has 1 aliphatic heterocycles. The maximum absolute atomic E-state index is 5.79. The average molecular weight is 261 g/mol. The quantitative estimate of drug-likeness (QED) is 0.859. The van der Waals surface area contributed by atoms with Gasteiger partial charge in [-0.3, -0.25) is 0 Å². The van der Waals surface area contributed by atoms with Crippen molar-refractivity contribution in [2.75, 3.05) is 37.4 Å². The lowest BCUT2D eigenvalue weighted by atomic mass is 9.98. The zero-order chi connectivity index (χ0) is 13.2. The molecule has 1 fully saturated rings. The van der Waals surface area contributed by atoms with Gasteiger partial charge in [0.2, 0.25) is 0 Å². The first kappa shape index (κ1) is 12.3. The van der Waals surface area contributed by atoms with E-state index >= 15 is 0 Å². The van der Waals surface area contributed by atoms with Crippen LogP contribution in [0.1, 0.15) is 12.8 Å². The van der Waals surface area contributed by atoms with Crippen molar-refractivity contribution in [1.29, 1.82) is 0 Å². The molecule has 1 saturated heterocycles. The lowest BCUT2D eigenvalue weighted by molar-refractivity contribution is 0.138. The molecule has 0 aliphatic carbocycles. The zero-order valence-electron chi connectivity index (χ0n) is 11.1. The van der Waals surface area contributed by atoms with Gasteiger partial charge in [-0.25, -0.2) is 0 Å². The molecule has 0 bridgehead atoms. The lowest BCUT2D eigenvalue weighted by Crippen LogP contribution is -2.35. The van der Waals surface area contributed by atoms with E-state index in [-0.39, 0.29) is 0 Å². The molecule has 2 N–H and O–H groups in total. The first-order chi connectivity index (χ1) is 9.26. The molecular weight excluding hydrogens is 242 g/mol. The van der Waals surface area contributed by atoms with E-state index in [0.29, 0.717) is 17.6 Å². The summed E-state index contributed by atoms with van der Waals surface area (Å²) >= 11 is 0. The number of rotatable bonds is 3. The molecule has 2 heterocycles. The highest BCUT2D eigenvalue weighted by molar-refractivity contribution is 5.78. The van der Waals surface area contributed by atoms with Gasteiger partial charge in [0.1, 0.15) is 5.52 Å². The smallest absolute Gasteiger partial charge is 0.298 e. The first-order valence-electron chi connectivity index (χ1n) is 6.66. The highest BCUT2D eigenvalue weighted by atomic mass is 16.5. The van der Waals surface area contributed by atoms with Gasteiger partial charge in [0.05, 0.1) is 0 Å². The van der Waals surface area contributed by atoms with E-state index in [2.05, 4.69) is 9.88 Å². The summed E-state index contributed by atoms with van der Waals surface area (Å²) in [5, 5.41) is 0. The molecule has 3 rings (SSSR count). The van der Waals surface area contributed by atoms with Gasteiger partial charge in [0.25, 0.3) is 6.01 Å². The van der Waals surface area contributed by atoms with Gasteiger partial charge in [0, 0.05) is 32.5 Å². The highest BCUT2D eigenvalue weighted by Crippen LogP contribution is 2.27. The van der Waals surface area contributed by atoms with E-state index in [1.807, 2.05) is 18.2 Å². The second-order valence-electron chi connectivity index (χ2n) is 5.11. The maximum Gasteiger partial charge on any atom is 0.298 e. The molecule has 1 aliphatic rings. The van der Waals surface area contributed by atoms with Crippen LogP contribution >= 0.6 is 0 Å². The van der Waals surface area contributed by atoms with E-state index in [1.165, 1.54) is 0 Å². The minimum absolute atomic E-state index is 0.654. The first-order valence-corrected chi connectivity index (χ1v) is 6.66. The fourth-order valence-electron chi connectivity index (χ4n) is 2.59. The predicted octanol–water partition coefficient (Wildman–Crippen LogP) is 2.27. The minimum Gasteiger partial charge on any atom is -0.423 e. The molecular formula is C14H19N3O2. The molecule has 1 aromatic heterocycles. The van der Waals surface area contributed by atoms with Crippen LogP contribution < -0.4 is 10.6 Å². The van der Waals surface area contributed by atoms with Crippen molar-refractivity contribution in [2.45, 2.75) is 12.8 Å². The Kier molecular flexibility index (Phi) is 3.29. The van der Waals surface area contributed by atoms with Crippen molar-refractivity contribution >= 4 is 22.8 Å². The molecule has 2 aromatic rings. The van der Waals surface area contributed by atoms with Crippen LogP contribution in [0.2, 0.25) is 0 Å². The number of ether oxygens (including phenoxy) is 1. The average Bonchev–Trinajstić information content (AvgIpc) is 2.83. The van der Waals surface area contributed by atoms with Crippen molar-refractivity contribution in [3.63, 3.8) is 0 Å². The van der Waals surface area contributed by atoms with Gasteiger partial charge >= 0.3 is 0 Å². The van der Waals surface area contributed by atoms with Gasteiger partial charge in [-0.2, -0.15) is 4.98 Å². The summed E-state index contributed by atoms with van der Waals surface area (Å²) in [6, 6.07) is 6.26. The van der Waals surface area contributed by atoms with Crippen LogP contribution in [0.25, 0.3) is 11.1 Å². The van der Waals surface area contributed by atoms with Gasteiger partial charge in [-0.1, -0.05) is 0 Å². The van der Waals surface area contributed by atoms with Crippen LogP contribution in [0.15, 0.2) is 22.6 Å². The van der Waals surface area contributed by atoms with Gasteiger partial charge < -0.3 is 19.8 Å². The monoisotopic (exact) mass is 261 g/mol. The van der Waals surface area contributed by atoms with Crippen LogP contribution in [-0.2, 0) is 4.74 Å². The van der Waals surface area contributed by atoms with Gasteiger partial charge in [0.15, 0.2) is 5.58 Å². The Morgan fingerprint density at radius 3 is 2.95 bits per heavy atom. The Hall–Kier alpha value is -1.75. The number of nitrogen functional groups attached to an aromatic ring is 1. The number of hydrogen-bond donors (Lipinski definition) is 1. The summed E-state index contributed by atoms with van der Waals surface area (Å²) in [7, 11) is 1.76. The van der Waals surface area contributed by atoms with Crippen molar-refractivity contribution in [3.8, 4) is 0 Å². The molecule has 0 atom stereocenters. The molecule has 5 heteroatoms.